The van der Waals surface area contributed by atoms with Gasteiger partial charge in [0, 0.05) is 41.7 Å². The van der Waals surface area contributed by atoms with Gasteiger partial charge in [0.15, 0.2) is 5.76 Å². The molecule has 0 radical (unpaired) electrons. The Hall–Kier alpha value is -4.42. The number of imidazole rings is 1. The topological polar surface area (TPSA) is 104 Å². The van der Waals surface area contributed by atoms with E-state index in [0.717, 1.165) is 34.7 Å². The van der Waals surface area contributed by atoms with Gasteiger partial charge in [0.2, 0.25) is 4.96 Å². The summed E-state index contributed by atoms with van der Waals surface area (Å²) in [6.45, 7) is 3.88. The van der Waals surface area contributed by atoms with Crippen LogP contribution in [0, 0.1) is 5.92 Å². The molecule has 12 heteroatoms. The quantitative estimate of drug-likeness (QED) is 0.157. The standard InChI is InChI=1S/C31H29N5O5S2/c1-4-35(14-18-5-6-18)29(37)20-9-7-19(8-10-20)28-32-21(17-42-28)16-40-25-11-22(38-2)12-26-23(25)13-27(41-26)24-15-36-30(33-24)43-31(34-36)39-3/h7-13,15,17-18H,4-6,14,16H2,1-3H3. The zero-order chi connectivity index (χ0) is 29.5. The third kappa shape index (κ3) is 5.55. The molecule has 1 amide bonds. The number of amides is 1. The first-order chi connectivity index (χ1) is 21.0. The number of nitrogens with zero attached hydrogens (tertiary/aromatic N) is 5. The van der Waals surface area contributed by atoms with Crippen molar-refractivity contribution in [1.29, 1.82) is 0 Å². The van der Waals surface area contributed by atoms with Gasteiger partial charge in [0.1, 0.15) is 34.4 Å². The SMILES string of the molecule is CCN(CC1CC1)C(=O)c1ccc(-c2nc(COc3cc(OC)cc4oc(-c5cn6nc(OC)sc6n5)cc34)cs2)cc1. The van der Waals surface area contributed by atoms with Crippen molar-refractivity contribution in [3.63, 3.8) is 0 Å². The molecule has 43 heavy (non-hydrogen) atoms. The molecule has 4 aromatic heterocycles. The molecule has 0 aliphatic heterocycles. The average Bonchev–Trinajstić information content (AvgIpc) is 3.38. The highest BCUT2D eigenvalue weighted by molar-refractivity contribution is 7.18. The summed E-state index contributed by atoms with van der Waals surface area (Å²) in [5, 5.41) is 8.54. The maximum Gasteiger partial charge on any atom is 0.294 e. The summed E-state index contributed by atoms with van der Waals surface area (Å²) in [5.74, 6) is 2.59. The Bertz CT molecular complexity index is 1890. The van der Waals surface area contributed by atoms with E-state index in [2.05, 4.69) is 10.1 Å². The highest BCUT2D eigenvalue weighted by Crippen LogP contribution is 2.38. The maximum atomic E-state index is 13.0. The van der Waals surface area contributed by atoms with E-state index in [1.54, 1.807) is 36.3 Å². The first-order valence-corrected chi connectivity index (χ1v) is 15.7. The van der Waals surface area contributed by atoms with Gasteiger partial charge < -0.3 is 23.5 Å². The molecular weight excluding hydrogens is 587 g/mol. The predicted molar refractivity (Wildman–Crippen MR) is 165 cm³/mol. The highest BCUT2D eigenvalue weighted by Gasteiger charge is 2.26. The number of benzene rings is 2. The molecule has 1 aliphatic carbocycles. The first-order valence-electron chi connectivity index (χ1n) is 14.0. The van der Waals surface area contributed by atoms with E-state index in [0.29, 0.717) is 50.2 Å². The zero-order valence-corrected chi connectivity index (χ0v) is 25.5. The molecule has 1 saturated carbocycles. The highest BCUT2D eigenvalue weighted by atomic mass is 32.1. The molecule has 0 unspecified atom stereocenters. The number of furan rings is 1. The van der Waals surface area contributed by atoms with Crippen LogP contribution in [0.3, 0.4) is 0 Å². The molecule has 10 nitrogen and oxygen atoms in total. The molecule has 0 saturated heterocycles. The fourth-order valence-corrected chi connectivity index (χ4v) is 6.40. The number of aromatic nitrogens is 4. The largest absolute Gasteiger partial charge is 0.496 e. The monoisotopic (exact) mass is 615 g/mol. The van der Waals surface area contributed by atoms with Crippen LogP contribution in [0.15, 0.2) is 58.5 Å². The summed E-state index contributed by atoms with van der Waals surface area (Å²) in [5.41, 5.74) is 3.76. The smallest absolute Gasteiger partial charge is 0.294 e. The lowest BCUT2D eigenvalue weighted by molar-refractivity contribution is 0.0757. The summed E-state index contributed by atoms with van der Waals surface area (Å²) in [7, 11) is 3.19. The molecule has 1 fully saturated rings. The number of carbonyl (C=O) groups excluding carboxylic acids is 1. The molecule has 0 bridgehead atoms. The lowest BCUT2D eigenvalue weighted by Crippen LogP contribution is -2.32. The fourth-order valence-electron chi connectivity index (χ4n) is 4.89. The lowest BCUT2D eigenvalue weighted by atomic mass is 10.1. The minimum Gasteiger partial charge on any atom is -0.496 e. The third-order valence-electron chi connectivity index (χ3n) is 7.41. The van der Waals surface area contributed by atoms with Crippen molar-refractivity contribution in [2.45, 2.75) is 26.4 Å². The second-order valence-electron chi connectivity index (χ2n) is 10.4. The average molecular weight is 616 g/mol. The first kappa shape index (κ1) is 27.4. The van der Waals surface area contributed by atoms with Crippen LogP contribution in [0.4, 0.5) is 0 Å². The Morgan fingerprint density at radius 1 is 1.12 bits per heavy atom. The van der Waals surface area contributed by atoms with Crippen LogP contribution in [0.5, 0.6) is 16.7 Å². The number of ether oxygens (including phenoxy) is 3. The summed E-state index contributed by atoms with van der Waals surface area (Å²) in [6.07, 6.45) is 4.25. The van der Waals surface area contributed by atoms with Gasteiger partial charge in [0.05, 0.1) is 31.5 Å². The van der Waals surface area contributed by atoms with E-state index in [1.807, 2.05) is 59.7 Å². The molecule has 220 valence electrons. The number of rotatable bonds is 11. The van der Waals surface area contributed by atoms with Crippen molar-refractivity contribution in [3.05, 3.63) is 65.3 Å². The van der Waals surface area contributed by atoms with Crippen LogP contribution in [0.25, 0.3) is 38.0 Å². The molecule has 6 aromatic rings. The van der Waals surface area contributed by atoms with Gasteiger partial charge in [-0.3, -0.25) is 4.79 Å². The van der Waals surface area contributed by atoms with Gasteiger partial charge in [0.25, 0.3) is 11.1 Å². The molecule has 0 N–H and O–H groups in total. The number of hydrogen-bond donors (Lipinski definition) is 0. The Labute approximate surface area is 255 Å². The Morgan fingerprint density at radius 3 is 2.67 bits per heavy atom. The van der Waals surface area contributed by atoms with Crippen molar-refractivity contribution < 1.29 is 23.4 Å². The second-order valence-corrected chi connectivity index (χ2v) is 12.1. The third-order valence-corrected chi connectivity index (χ3v) is 9.23. The summed E-state index contributed by atoms with van der Waals surface area (Å²) >= 11 is 2.90. The van der Waals surface area contributed by atoms with Crippen molar-refractivity contribution >= 4 is 44.5 Å². The summed E-state index contributed by atoms with van der Waals surface area (Å²) < 4.78 is 24.8. The van der Waals surface area contributed by atoms with Gasteiger partial charge in [-0.05, 0) is 55.2 Å². The van der Waals surface area contributed by atoms with Crippen LogP contribution in [0.1, 0.15) is 35.8 Å². The van der Waals surface area contributed by atoms with E-state index in [-0.39, 0.29) is 12.5 Å². The maximum absolute atomic E-state index is 13.0. The molecule has 4 heterocycles. The molecule has 2 aromatic carbocycles. The Morgan fingerprint density at radius 2 is 1.95 bits per heavy atom. The summed E-state index contributed by atoms with van der Waals surface area (Å²) in [6, 6.07) is 13.3. The van der Waals surface area contributed by atoms with Gasteiger partial charge in [-0.25, -0.2) is 14.5 Å². The Kier molecular flexibility index (Phi) is 7.23. The van der Waals surface area contributed by atoms with E-state index in [9.17, 15) is 4.79 Å². The van der Waals surface area contributed by atoms with Gasteiger partial charge in [-0.15, -0.1) is 16.4 Å². The van der Waals surface area contributed by atoms with E-state index < -0.39 is 0 Å². The van der Waals surface area contributed by atoms with Crippen molar-refractivity contribution in [1.82, 2.24) is 24.5 Å². The lowest BCUT2D eigenvalue weighted by Gasteiger charge is -2.20. The fraction of sp³-hybridized carbons (Fsp3) is 0.290. The molecule has 1 aliphatic rings. The van der Waals surface area contributed by atoms with E-state index in [1.165, 1.54) is 24.2 Å². The molecule has 7 rings (SSSR count). The summed E-state index contributed by atoms with van der Waals surface area (Å²) in [4.78, 5) is 25.0. The number of thiazole rings is 1. The van der Waals surface area contributed by atoms with Crippen LogP contribution in [-0.2, 0) is 6.61 Å². The second kappa shape index (κ2) is 11.3. The number of hydrogen-bond acceptors (Lipinski definition) is 10. The van der Waals surface area contributed by atoms with E-state index >= 15 is 0 Å². The molecule has 0 atom stereocenters. The number of carbonyl (C=O) groups is 1. The van der Waals surface area contributed by atoms with Crippen molar-refractivity contribution in [2.24, 2.45) is 5.92 Å². The van der Waals surface area contributed by atoms with Gasteiger partial charge >= 0.3 is 0 Å². The van der Waals surface area contributed by atoms with Crippen LogP contribution < -0.4 is 14.2 Å². The Balaban J connectivity index is 1.07. The normalized spacial score (nSPS) is 13.1. The zero-order valence-electron chi connectivity index (χ0n) is 23.9. The molecule has 0 spiro atoms. The van der Waals surface area contributed by atoms with Crippen molar-refractivity contribution in [3.8, 4) is 38.7 Å². The number of fused-ring (bicyclic) bond motifs is 2. The van der Waals surface area contributed by atoms with Crippen LogP contribution >= 0.6 is 22.7 Å². The minimum absolute atomic E-state index is 0.0887. The predicted octanol–water partition coefficient (Wildman–Crippen LogP) is 6.80. The van der Waals surface area contributed by atoms with Gasteiger partial charge in [-0.1, -0.05) is 12.1 Å². The van der Waals surface area contributed by atoms with Crippen LogP contribution in [0.2, 0.25) is 0 Å². The van der Waals surface area contributed by atoms with Gasteiger partial charge in [-0.2, -0.15) is 0 Å². The van der Waals surface area contributed by atoms with Crippen LogP contribution in [-0.4, -0.2) is 57.7 Å². The molecular formula is C31H29N5O5S2. The number of methoxy groups -OCH3 is 2. The van der Waals surface area contributed by atoms with E-state index in [4.69, 9.17) is 23.6 Å². The minimum atomic E-state index is 0.0887. The van der Waals surface area contributed by atoms with Crippen molar-refractivity contribution in [2.75, 3.05) is 27.3 Å².